The van der Waals surface area contributed by atoms with Crippen LogP contribution in [0.15, 0.2) is 77.7 Å². The van der Waals surface area contributed by atoms with E-state index >= 15 is 0 Å². The maximum Gasteiger partial charge on any atom is 0.306 e. The van der Waals surface area contributed by atoms with E-state index in [2.05, 4.69) is 24.3 Å². The van der Waals surface area contributed by atoms with E-state index in [0.717, 1.165) is 34.6 Å². The van der Waals surface area contributed by atoms with Gasteiger partial charge in [-0.15, -0.1) is 11.8 Å². The molecule has 1 amide bonds. The number of likely N-dealkylation sites (tertiary alicyclic amines) is 1. The molecule has 1 aliphatic rings. The van der Waals surface area contributed by atoms with Crippen LogP contribution in [0, 0.1) is 17.2 Å². The summed E-state index contributed by atoms with van der Waals surface area (Å²) in [6.07, 6.45) is 4.39. The van der Waals surface area contributed by atoms with Crippen molar-refractivity contribution >= 4 is 23.6 Å². The number of rotatable bonds is 11. The lowest BCUT2D eigenvalue weighted by molar-refractivity contribution is -0.144. The van der Waals surface area contributed by atoms with Gasteiger partial charge in [0.05, 0.1) is 37.1 Å². The van der Waals surface area contributed by atoms with Crippen molar-refractivity contribution in [1.82, 2.24) is 4.90 Å². The van der Waals surface area contributed by atoms with E-state index in [1.165, 1.54) is 12.7 Å². The van der Waals surface area contributed by atoms with Crippen LogP contribution in [0.25, 0.3) is 11.1 Å². The number of esters is 1. The third-order valence-electron chi connectivity index (χ3n) is 6.92. The van der Waals surface area contributed by atoms with Crippen LogP contribution < -0.4 is 4.74 Å². The number of nitriles is 1. The third kappa shape index (κ3) is 6.76. The number of carbonyl (C=O) groups is 2. The van der Waals surface area contributed by atoms with Crippen molar-refractivity contribution in [2.24, 2.45) is 5.92 Å². The van der Waals surface area contributed by atoms with Gasteiger partial charge >= 0.3 is 5.97 Å². The van der Waals surface area contributed by atoms with Crippen molar-refractivity contribution < 1.29 is 19.1 Å². The first-order chi connectivity index (χ1) is 18.5. The first kappa shape index (κ1) is 27.3. The zero-order chi connectivity index (χ0) is 26.9. The number of methoxy groups -OCH3 is 1. The highest BCUT2D eigenvalue weighted by Gasteiger charge is 2.40. The second-order valence-electron chi connectivity index (χ2n) is 9.35. The van der Waals surface area contributed by atoms with Gasteiger partial charge in [-0.3, -0.25) is 9.59 Å². The molecule has 38 heavy (non-hydrogen) atoms. The Morgan fingerprint density at radius 2 is 1.82 bits per heavy atom. The number of amides is 1. The Balaban J connectivity index is 1.45. The Morgan fingerprint density at radius 3 is 2.50 bits per heavy atom. The van der Waals surface area contributed by atoms with Gasteiger partial charge in [0.2, 0.25) is 5.91 Å². The van der Waals surface area contributed by atoms with Gasteiger partial charge in [0.15, 0.2) is 0 Å². The number of nitrogens with zero attached hydrogens (tertiary/aromatic N) is 2. The Labute approximate surface area is 228 Å². The maximum absolute atomic E-state index is 13.2. The van der Waals surface area contributed by atoms with Crippen LogP contribution in [-0.4, -0.2) is 49.3 Å². The van der Waals surface area contributed by atoms with Gasteiger partial charge in [-0.25, -0.2) is 0 Å². The molecule has 3 aromatic rings. The van der Waals surface area contributed by atoms with Gasteiger partial charge in [-0.05, 0) is 66.5 Å². The van der Waals surface area contributed by atoms with E-state index in [1.54, 1.807) is 11.8 Å². The normalized spacial score (nSPS) is 16.8. The highest BCUT2D eigenvalue weighted by atomic mass is 32.2. The molecule has 4 rings (SSSR count). The molecule has 0 spiro atoms. The minimum Gasteiger partial charge on any atom is -0.490 e. The van der Waals surface area contributed by atoms with Gasteiger partial charge in [0, 0.05) is 11.4 Å². The summed E-state index contributed by atoms with van der Waals surface area (Å²) in [4.78, 5) is 28.0. The molecule has 0 bridgehead atoms. The second-order valence-corrected chi connectivity index (χ2v) is 10.2. The highest BCUT2D eigenvalue weighted by molar-refractivity contribution is 7.98. The Bertz CT molecular complexity index is 1290. The summed E-state index contributed by atoms with van der Waals surface area (Å²) in [6, 6.07) is 25.8. The molecule has 2 atom stereocenters. The SMILES string of the molecule is COC(=O)C[C@@H]1C[C@@H](COc2ccc(-c3ccc(C#N)cc3)cc2SC)N(CCCc2ccccc2)C1=O. The lowest BCUT2D eigenvalue weighted by atomic mass is 10.0. The summed E-state index contributed by atoms with van der Waals surface area (Å²) in [5, 5.41) is 9.06. The minimum atomic E-state index is -0.383. The average Bonchev–Trinajstić information content (AvgIpc) is 3.25. The molecule has 0 aromatic heterocycles. The smallest absolute Gasteiger partial charge is 0.306 e. The number of ether oxygens (including phenoxy) is 2. The van der Waals surface area contributed by atoms with Crippen LogP contribution >= 0.6 is 11.8 Å². The summed E-state index contributed by atoms with van der Waals surface area (Å²) in [5.41, 5.74) is 3.94. The van der Waals surface area contributed by atoms with Gasteiger partial charge in [0.25, 0.3) is 0 Å². The molecule has 1 aliphatic heterocycles. The molecule has 0 radical (unpaired) electrons. The van der Waals surface area contributed by atoms with Crippen molar-refractivity contribution in [1.29, 1.82) is 5.26 Å². The molecule has 1 heterocycles. The summed E-state index contributed by atoms with van der Waals surface area (Å²) >= 11 is 1.60. The first-order valence-corrected chi connectivity index (χ1v) is 14.0. The van der Waals surface area contributed by atoms with Crippen LogP contribution in [0.3, 0.4) is 0 Å². The standard InChI is InChI=1S/C31H32N2O4S/c1-36-30(34)19-26-17-27(33(31(26)35)16-6-9-22-7-4-3-5-8-22)21-37-28-15-14-25(18-29(28)38-2)24-12-10-23(20-32)11-13-24/h3-5,7-8,10-15,18,26-27H,6,9,16-17,19,21H2,1-2H3/t26-,27-/m0/s1. The Morgan fingerprint density at radius 1 is 1.08 bits per heavy atom. The largest absolute Gasteiger partial charge is 0.490 e. The highest BCUT2D eigenvalue weighted by Crippen LogP contribution is 2.34. The van der Waals surface area contributed by atoms with E-state index in [-0.39, 0.29) is 30.3 Å². The van der Waals surface area contributed by atoms with Crippen molar-refractivity contribution in [3.05, 3.63) is 83.9 Å². The molecule has 0 aliphatic carbocycles. The number of aryl methyl sites for hydroxylation is 1. The fraction of sp³-hybridized carbons (Fsp3) is 0.323. The Hall–Kier alpha value is -3.76. The molecule has 0 N–H and O–H groups in total. The predicted octanol–water partition coefficient (Wildman–Crippen LogP) is 5.74. The van der Waals surface area contributed by atoms with Crippen molar-refractivity contribution in [3.8, 4) is 22.9 Å². The van der Waals surface area contributed by atoms with Crippen molar-refractivity contribution in [3.63, 3.8) is 0 Å². The summed E-state index contributed by atoms with van der Waals surface area (Å²) in [6.45, 7) is 0.977. The fourth-order valence-electron chi connectivity index (χ4n) is 4.86. The predicted molar refractivity (Wildman–Crippen MR) is 149 cm³/mol. The van der Waals surface area contributed by atoms with Crippen LogP contribution in [0.2, 0.25) is 0 Å². The number of thioether (sulfide) groups is 1. The molecule has 7 heteroatoms. The lowest BCUT2D eigenvalue weighted by Crippen LogP contribution is -2.38. The van der Waals surface area contributed by atoms with Crippen LogP contribution in [0.5, 0.6) is 5.75 Å². The van der Waals surface area contributed by atoms with Gasteiger partial charge in [-0.1, -0.05) is 48.5 Å². The quantitative estimate of drug-likeness (QED) is 0.233. The summed E-state index contributed by atoms with van der Waals surface area (Å²) in [5.74, 6) is 0.0186. The van der Waals surface area contributed by atoms with Crippen molar-refractivity contribution in [2.75, 3.05) is 26.5 Å². The third-order valence-corrected chi connectivity index (χ3v) is 7.68. The van der Waals surface area contributed by atoms with Crippen LogP contribution in [0.4, 0.5) is 0 Å². The molecule has 6 nitrogen and oxygen atoms in total. The summed E-state index contributed by atoms with van der Waals surface area (Å²) in [7, 11) is 1.35. The van der Waals surface area contributed by atoms with Crippen LogP contribution in [-0.2, 0) is 20.7 Å². The Kier molecular flexibility index (Phi) is 9.45. The molecule has 196 valence electrons. The topological polar surface area (TPSA) is 79.6 Å². The average molecular weight is 529 g/mol. The monoisotopic (exact) mass is 528 g/mol. The first-order valence-electron chi connectivity index (χ1n) is 12.7. The van der Waals surface area contributed by atoms with Gasteiger partial charge < -0.3 is 14.4 Å². The zero-order valence-electron chi connectivity index (χ0n) is 21.8. The van der Waals surface area contributed by atoms with Crippen LogP contribution in [0.1, 0.15) is 30.4 Å². The number of hydrogen-bond acceptors (Lipinski definition) is 6. The van der Waals surface area contributed by atoms with Gasteiger partial charge in [-0.2, -0.15) is 5.26 Å². The molecule has 1 saturated heterocycles. The minimum absolute atomic E-state index is 0.00156. The number of carbonyl (C=O) groups excluding carboxylic acids is 2. The summed E-state index contributed by atoms with van der Waals surface area (Å²) < 4.78 is 11.1. The molecule has 0 unspecified atom stereocenters. The van der Waals surface area contributed by atoms with E-state index < -0.39 is 0 Å². The molecular formula is C31H32N2O4S. The molecular weight excluding hydrogens is 496 g/mol. The van der Waals surface area contributed by atoms with Gasteiger partial charge in [0.1, 0.15) is 12.4 Å². The second kappa shape index (κ2) is 13.2. The van der Waals surface area contributed by atoms with E-state index in [0.29, 0.717) is 25.1 Å². The van der Waals surface area contributed by atoms with E-state index in [9.17, 15) is 9.59 Å². The van der Waals surface area contributed by atoms with E-state index in [1.807, 2.05) is 65.8 Å². The maximum atomic E-state index is 13.2. The molecule has 0 saturated carbocycles. The molecule has 1 fully saturated rings. The fourth-order valence-corrected chi connectivity index (χ4v) is 5.44. The van der Waals surface area contributed by atoms with Crippen molar-refractivity contribution in [2.45, 2.75) is 36.6 Å². The molecule has 3 aromatic carbocycles. The number of benzene rings is 3. The van der Waals surface area contributed by atoms with E-state index in [4.69, 9.17) is 14.7 Å². The lowest BCUT2D eigenvalue weighted by Gasteiger charge is -2.25. The number of hydrogen-bond donors (Lipinski definition) is 0. The zero-order valence-corrected chi connectivity index (χ0v) is 22.6.